The zero-order valence-corrected chi connectivity index (χ0v) is 20.8. The molecular formula is C27H30N6O3. The van der Waals surface area contributed by atoms with Gasteiger partial charge >= 0.3 is 0 Å². The molecule has 186 valence electrons. The summed E-state index contributed by atoms with van der Waals surface area (Å²) >= 11 is 0. The number of hydrogen-bond acceptors (Lipinski definition) is 6. The largest absolute Gasteiger partial charge is 0.343 e. The highest BCUT2D eigenvalue weighted by Gasteiger charge is 2.28. The predicted octanol–water partition coefficient (Wildman–Crippen LogP) is 4.11. The number of hydrogen-bond donors (Lipinski definition) is 1. The number of carbonyl (C=O) groups excluding carboxylic acids is 2. The molecule has 3 heterocycles. The zero-order valence-electron chi connectivity index (χ0n) is 20.8. The van der Waals surface area contributed by atoms with Crippen LogP contribution < -0.4 is 5.32 Å². The van der Waals surface area contributed by atoms with Gasteiger partial charge in [-0.05, 0) is 51.8 Å². The van der Waals surface area contributed by atoms with Crippen LogP contribution in [0.25, 0.3) is 22.3 Å². The van der Waals surface area contributed by atoms with Gasteiger partial charge < -0.3 is 14.7 Å². The molecule has 0 radical (unpaired) electrons. The third-order valence-electron chi connectivity index (χ3n) is 6.77. The molecule has 1 aliphatic rings. The first-order chi connectivity index (χ1) is 17.4. The fourth-order valence-electron chi connectivity index (χ4n) is 4.73. The summed E-state index contributed by atoms with van der Waals surface area (Å²) in [5, 5.41) is 12.8. The van der Waals surface area contributed by atoms with Crippen molar-refractivity contribution in [1.29, 1.82) is 0 Å². The van der Waals surface area contributed by atoms with Crippen LogP contribution in [0.4, 0.5) is 0 Å². The van der Waals surface area contributed by atoms with Crippen LogP contribution in [-0.4, -0.2) is 56.3 Å². The summed E-state index contributed by atoms with van der Waals surface area (Å²) in [5.41, 5.74) is 3.46. The van der Waals surface area contributed by atoms with E-state index in [2.05, 4.69) is 42.3 Å². The highest BCUT2D eigenvalue weighted by molar-refractivity contribution is 5.96. The molecule has 0 atom stereocenters. The van der Waals surface area contributed by atoms with Crippen molar-refractivity contribution < 1.29 is 14.1 Å². The van der Waals surface area contributed by atoms with E-state index in [9.17, 15) is 9.59 Å². The van der Waals surface area contributed by atoms with E-state index in [1.807, 2.05) is 22.9 Å². The Morgan fingerprint density at radius 2 is 1.86 bits per heavy atom. The Balaban J connectivity index is 1.18. The fourth-order valence-corrected chi connectivity index (χ4v) is 4.73. The van der Waals surface area contributed by atoms with E-state index in [0.717, 1.165) is 35.0 Å². The van der Waals surface area contributed by atoms with Gasteiger partial charge in [-0.1, -0.05) is 35.5 Å². The second-order valence-electron chi connectivity index (χ2n) is 9.52. The molecule has 4 aromatic rings. The summed E-state index contributed by atoms with van der Waals surface area (Å²) in [4.78, 5) is 31.2. The molecule has 5 rings (SSSR count). The molecule has 0 unspecified atom stereocenters. The first kappa shape index (κ1) is 23.7. The molecule has 1 saturated heterocycles. The van der Waals surface area contributed by atoms with Crippen LogP contribution in [0.2, 0.25) is 0 Å². The van der Waals surface area contributed by atoms with Gasteiger partial charge in [-0.2, -0.15) is 10.1 Å². The van der Waals surface area contributed by atoms with Crippen molar-refractivity contribution in [3.8, 4) is 11.4 Å². The molecule has 9 nitrogen and oxygen atoms in total. The number of nitrogens with one attached hydrogen (secondary N) is 1. The molecule has 0 spiro atoms. The minimum Gasteiger partial charge on any atom is -0.343 e. The topological polar surface area (TPSA) is 106 Å². The van der Waals surface area contributed by atoms with E-state index in [1.54, 1.807) is 29.2 Å². The molecular weight excluding hydrogens is 456 g/mol. The van der Waals surface area contributed by atoms with Gasteiger partial charge in [0.15, 0.2) is 0 Å². The Hall–Kier alpha value is -4.01. The number of amides is 2. The highest BCUT2D eigenvalue weighted by Crippen LogP contribution is 2.30. The van der Waals surface area contributed by atoms with Crippen LogP contribution in [0.5, 0.6) is 0 Å². The van der Waals surface area contributed by atoms with Crippen molar-refractivity contribution >= 4 is 22.7 Å². The maximum absolute atomic E-state index is 12.6. The Kier molecular flexibility index (Phi) is 6.54. The summed E-state index contributed by atoms with van der Waals surface area (Å²) in [5.74, 6) is 0.902. The number of fused-ring (bicyclic) bond motifs is 1. The first-order valence-corrected chi connectivity index (χ1v) is 12.3. The summed E-state index contributed by atoms with van der Waals surface area (Å²) < 4.78 is 7.64. The summed E-state index contributed by atoms with van der Waals surface area (Å²) in [7, 11) is 0. The number of likely N-dealkylation sites (tertiary alicyclic amines) is 1. The Labute approximate surface area is 209 Å². The fraction of sp³-hybridized carbons (Fsp3) is 0.370. The van der Waals surface area contributed by atoms with E-state index >= 15 is 0 Å². The molecule has 2 aromatic carbocycles. The lowest BCUT2D eigenvalue weighted by Gasteiger charge is -2.30. The Morgan fingerprint density at radius 3 is 2.58 bits per heavy atom. The standard InChI is InChI=1S/C27H30N6O3/c1-17(2)33-18(3)22-10-9-21(15-23(22)30-33)25-29-27(36-31-25)20-11-13-32(14-12-20)24(34)16-28-26(35)19-7-5-4-6-8-19/h4-10,15,17,20H,11-14,16H2,1-3H3,(H,28,35). The molecule has 9 heteroatoms. The molecule has 0 aliphatic carbocycles. The molecule has 2 amide bonds. The van der Waals surface area contributed by atoms with E-state index in [-0.39, 0.29) is 30.3 Å². The van der Waals surface area contributed by atoms with Gasteiger partial charge in [0.25, 0.3) is 5.91 Å². The van der Waals surface area contributed by atoms with Crippen molar-refractivity contribution in [2.24, 2.45) is 0 Å². The third kappa shape index (κ3) is 4.73. The number of nitrogens with zero attached hydrogens (tertiary/aromatic N) is 5. The highest BCUT2D eigenvalue weighted by atomic mass is 16.5. The average Bonchev–Trinajstić information content (AvgIpc) is 3.53. The minimum atomic E-state index is -0.249. The minimum absolute atomic E-state index is 0.0162. The second-order valence-corrected chi connectivity index (χ2v) is 9.52. The van der Waals surface area contributed by atoms with Crippen molar-refractivity contribution in [2.45, 2.75) is 45.6 Å². The van der Waals surface area contributed by atoms with Gasteiger partial charge in [-0.3, -0.25) is 14.3 Å². The van der Waals surface area contributed by atoms with Crippen molar-refractivity contribution in [3.05, 3.63) is 65.7 Å². The van der Waals surface area contributed by atoms with Crippen LogP contribution in [-0.2, 0) is 4.79 Å². The lowest BCUT2D eigenvalue weighted by Crippen LogP contribution is -2.43. The third-order valence-corrected chi connectivity index (χ3v) is 6.77. The summed E-state index contributed by atoms with van der Waals surface area (Å²) in [6.07, 6.45) is 1.47. The molecule has 2 aromatic heterocycles. The van der Waals surface area contributed by atoms with E-state index in [1.165, 1.54) is 0 Å². The summed E-state index contributed by atoms with van der Waals surface area (Å²) in [6.45, 7) is 7.46. The maximum atomic E-state index is 12.6. The number of aromatic nitrogens is 4. The van der Waals surface area contributed by atoms with Crippen LogP contribution in [0.1, 0.15) is 60.6 Å². The van der Waals surface area contributed by atoms with Gasteiger partial charge in [-0.25, -0.2) is 0 Å². The molecule has 1 aliphatic heterocycles. The summed E-state index contributed by atoms with van der Waals surface area (Å²) in [6, 6.07) is 15.2. The van der Waals surface area contributed by atoms with Gasteiger partial charge in [-0.15, -0.1) is 0 Å². The molecule has 36 heavy (non-hydrogen) atoms. The maximum Gasteiger partial charge on any atom is 0.251 e. The predicted molar refractivity (Wildman–Crippen MR) is 135 cm³/mol. The van der Waals surface area contributed by atoms with Crippen molar-refractivity contribution in [2.75, 3.05) is 19.6 Å². The van der Waals surface area contributed by atoms with Gasteiger partial charge in [0, 0.05) is 47.3 Å². The number of piperidine rings is 1. The number of rotatable bonds is 6. The van der Waals surface area contributed by atoms with Crippen molar-refractivity contribution in [1.82, 2.24) is 30.1 Å². The molecule has 1 N–H and O–H groups in total. The molecule has 0 bridgehead atoms. The number of aryl methyl sites for hydroxylation is 1. The van der Waals surface area contributed by atoms with E-state index < -0.39 is 0 Å². The lowest BCUT2D eigenvalue weighted by molar-refractivity contribution is -0.131. The van der Waals surface area contributed by atoms with Crippen LogP contribution >= 0.6 is 0 Å². The van der Waals surface area contributed by atoms with E-state index in [4.69, 9.17) is 9.62 Å². The number of carbonyl (C=O) groups is 2. The number of benzene rings is 2. The van der Waals surface area contributed by atoms with Crippen molar-refractivity contribution in [3.63, 3.8) is 0 Å². The van der Waals surface area contributed by atoms with Crippen LogP contribution in [0.15, 0.2) is 53.1 Å². The first-order valence-electron chi connectivity index (χ1n) is 12.3. The molecule has 1 fully saturated rings. The second kappa shape index (κ2) is 9.93. The van der Waals surface area contributed by atoms with Gasteiger partial charge in [0.05, 0.1) is 12.1 Å². The smallest absolute Gasteiger partial charge is 0.251 e. The van der Waals surface area contributed by atoms with Crippen LogP contribution in [0, 0.1) is 6.92 Å². The normalized spacial score (nSPS) is 14.5. The lowest BCUT2D eigenvalue weighted by atomic mass is 9.96. The Bertz CT molecular complexity index is 1380. The van der Waals surface area contributed by atoms with Gasteiger partial charge in [0.1, 0.15) is 0 Å². The zero-order chi connectivity index (χ0) is 25.2. The average molecular weight is 487 g/mol. The quantitative estimate of drug-likeness (QED) is 0.440. The van der Waals surface area contributed by atoms with Crippen LogP contribution in [0.3, 0.4) is 0 Å². The van der Waals surface area contributed by atoms with Gasteiger partial charge in [0.2, 0.25) is 17.6 Å². The van der Waals surface area contributed by atoms with E-state index in [0.29, 0.717) is 30.4 Å². The Morgan fingerprint density at radius 1 is 1.11 bits per heavy atom. The SMILES string of the molecule is Cc1c2ccc(-c3noc(C4CCN(C(=O)CNC(=O)c5ccccc5)CC4)n3)cc2nn1C(C)C. The monoisotopic (exact) mass is 486 g/mol. The molecule has 0 saturated carbocycles.